The summed E-state index contributed by atoms with van der Waals surface area (Å²) in [6, 6.07) is 7.66. The molecule has 1 amide bonds. The van der Waals surface area contributed by atoms with Crippen molar-refractivity contribution in [3.8, 4) is 0 Å². The molecule has 27 heavy (non-hydrogen) atoms. The molecule has 4 N–H and O–H groups in total. The number of benzene rings is 1. The normalized spacial score (nSPS) is 21.4. The Hall–Kier alpha value is -2.08. The monoisotopic (exact) mass is 374 g/mol. The lowest BCUT2D eigenvalue weighted by Gasteiger charge is -2.55. The van der Waals surface area contributed by atoms with Crippen LogP contribution in [-0.4, -0.2) is 37.2 Å². The van der Waals surface area contributed by atoms with Gasteiger partial charge in [-0.15, -0.1) is 0 Å². The molecule has 1 aromatic carbocycles. The zero-order chi connectivity index (χ0) is 19.9. The molecular weight excluding hydrogens is 340 g/mol. The molecule has 2 unspecified atom stereocenters. The molecule has 0 aliphatic heterocycles. The molecule has 1 aromatic rings. The third-order valence-corrected chi connectivity index (χ3v) is 5.76. The van der Waals surface area contributed by atoms with Gasteiger partial charge < -0.3 is 21.1 Å². The molecule has 0 saturated heterocycles. The van der Waals surface area contributed by atoms with Crippen molar-refractivity contribution in [3.05, 3.63) is 35.4 Å². The van der Waals surface area contributed by atoms with E-state index in [4.69, 9.17) is 15.5 Å². The summed E-state index contributed by atoms with van der Waals surface area (Å²) in [7, 11) is 0. The number of aliphatic imine (C=N–C) groups is 1. The highest BCUT2D eigenvalue weighted by molar-refractivity contribution is 5.92. The van der Waals surface area contributed by atoms with E-state index in [0.29, 0.717) is 24.3 Å². The third-order valence-electron chi connectivity index (χ3n) is 5.76. The molecule has 0 heterocycles. The van der Waals surface area contributed by atoms with Crippen molar-refractivity contribution in [2.75, 3.05) is 13.2 Å². The van der Waals surface area contributed by atoms with Gasteiger partial charge in [0.25, 0.3) is 0 Å². The zero-order valence-corrected chi connectivity index (χ0v) is 17.0. The lowest BCUT2D eigenvalue weighted by molar-refractivity contribution is -0.133. The second-order valence-electron chi connectivity index (χ2n) is 7.08. The van der Waals surface area contributed by atoms with Crippen LogP contribution in [0, 0.1) is 5.41 Å². The van der Waals surface area contributed by atoms with Crippen molar-refractivity contribution >= 4 is 11.9 Å². The highest BCUT2D eigenvalue weighted by Crippen LogP contribution is 2.48. The summed E-state index contributed by atoms with van der Waals surface area (Å²) < 4.78 is 5.97. The van der Waals surface area contributed by atoms with Gasteiger partial charge in [0.05, 0.1) is 12.6 Å². The summed E-state index contributed by atoms with van der Waals surface area (Å²) in [5, 5.41) is 6.94. The van der Waals surface area contributed by atoms with Crippen LogP contribution in [0.4, 0.5) is 0 Å². The van der Waals surface area contributed by atoms with Gasteiger partial charge in [0.2, 0.25) is 5.91 Å². The molecule has 2 atom stereocenters. The molecule has 1 aliphatic carbocycles. The molecule has 0 radical (unpaired) electrons. The minimum absolute atomic E-state index is 0.151. The summed E-state index contributed by atoms with van der Waals surface area (Å²) in [6.07, 6.45) is 3.46. The summed E-state index contributed by atoms with van der Waals surface area (Å²) in [5.41, 5.74) is 6.98. The van der Waals surface area contributed by atoms with Gasteiger partial charge in [-0.1, -0.05) is 26.0 Å². The number of nitrogens with two attached hydrogens (primary N) is 1. The van der Waals surface area contributed by atoms with Crippen molar-refractivity contribution in [1.82, 2.24) is 10.6 Å². The molecule has 1 saturated carbocycles. The van der Waals surface area contributed by atoms with E-state index in [1.54, 1.807) is 12.1 Å². The van der Waals surface area contributed by atoms with Crippen LogP contribution in [0.15, 0.2) is 29.3 Å². The fraction of sp³-hybridized carbons (Fsp3) is 0.619. The number of amides is 1. The van der Waals surface area contributed by atoms with Crippen LogP contribution in [0.3, 0.4) is 0 Å². The largest absolute Gasteiger partial charge is 0.378 e. The van der Waals surface area contributed by atoms with Gasteiger partial charge in [-0.3, -0.25) is 4.79 Å². The number of carbonyl (C=O) groups excluding carboxylic acids is 1. The Morgan fingerprint density at radius 1 is 1.30 bits per heavy atom. The van der Waals surface area contributed by atoms with Gasteiger partial charge in [0, 0.05) is 30.2 Å². The van der Waals surface area contributed by atoms with Gasteiger partial charge in [0.1, 0.15) is 0 Å². The zero-order valence-electron chi connectivity index (χ0n) is 17.0. The average molecular weight is 375 g/mol. The van der Waals surface area contributed by atoms with Gasteiger partial charge in [-0.2, -0.15) is 0 Å². The molecule has 6 heteroatoms. The molecular formula is C21H34N4O2. The number of carbonyl (C=O) groups is 1. The van der Waals surface area contributed by atoms with Crippen LogP contribution >= 0.6 is 0 Å². The second kappa shape index (κ2) is 9.74. The standard InChI is InChI=1S/C21H34N4O2/c1-5-21(6-2)17(13-18(21)27-8-4)25-20(23-7-3)24-14-15-10-9-11-16(12-15)19(22)26/h9-12,17-18H,5-8,13-14H2,1-4H3,(H2,22,26)(H2,23,24,25). The van der Waals surface area contributed by atoms with Crippen LogP contribution in [0.2, 0.25) is 0 Å². The number of primary amides is 1. The quantitative estimate of drug-likeness (QED) is 0.458. The third kappa shape index (κ3) is 4.80. The maximum Gasteiger partial charge on any atom is 0.248 e. The topological polar surface area (TPSA) is 88.7 Å². The van der Waals surface area contributed by atoms with E-state index in [0.717, 1.165) is 43.9 Å². The lowest BCUT2D eigenvalue weighted by atomic mass is 9.58. The fourth-order valence-corrected chi connectivity index (χ4v) is 4.06. The van der Waals surface area contributed by atoms with E-state index in [1.807, 2.05) is 12.1 Å². The number of hydrogen-bond donors (Lipinski definition) is 3. The summed E-state index contributed by atoms with van der Waals surface area (Å²) in [6.45, 7) is 10.6. The number of guanidine groups is 1. The number of rotatable bonds is 9. The molecule has 0 spiro atoms. The highest BCUT2D eigenvalue weighted by atomic mass is 16.5. The first kappa shape index (κ1) is 21.2. The van der Waals surface area contributed by atoms with E-state index in [-0.39, 0.29) is 5.41 Å². The van der Waals surface area contributed by atoms with Gasteiger partial charge in [0.15, 0.2) is 5.96 Å². The average Bonchev–Trinajstić information content (AvgIpc) is 2.66. The van der Waals surface area contributed by atoms with E-state index in [1.165, 1.54) is 0 Å². The second-order valence-corrected chi connectivity index (χ2v) is 7.08. The SMILES string of the molecule is CCNC(=NCc1cccc(C(N)=O)c1)NC1CC(OCC)C1(CC)CC. The molecule has 1 aliphatic rings. The molecule has 1 fully saturated rings. The predicted octanol–water partition coefficient (Wildman–Crippen LogP) is 2.82. The summed E-state index contributed by atoms with van der Waals surface area (Å²) >= 11 is 0. The van der Waals surface area contributed by atoms with Crippen molar-refractivity contribution in [2.45, 2.75) is 65.6 Å². The Kier molecular flexibility index (Phi) is 7.66. The molecule has 2 rings (SSSR count). The minimum atomic E-state index is -0.419. The maximum atomic E-state index is 11.4. The van der Waals surface area contributed by atoms with Crippen molar-refractivity contribution < 1.29 is 9.53 Å². The molecule has 6 nitrogen and oxygen atoms in total. The van der Waals surface area contributed by atoms with E-state index >= 15 is 0 Å². The van der Waals surface area contributed by atoms with E-state index < -0.39 is 5.91 Å². The Balaban J connectivity index is 2.09. The molecule has 0 bridgehead atoms. The first-order chi connectivity index (χ1) is 13.0. The first-order valence-corrected chi connectivity index (χ1v) is 10.1. The van der Waals surface area contributed by atoms with Gasteiger partial charge in [-0.05, 0) is 50.8 Å². The minimum Gasteiger partial charge on any atom is -0.378 e. The van der Waals surface area contributed by atoms with Crippen LogP contribution in [-0.2, 0) is 11.3 Å². The Labute approximate surface area is 163 Å². The Morgan fingerprint density at radius 3 is 2.63 bits per heavy atom. The van der Waals surface area contributed by atoms with Crippen molar-refractivity contribution in [3.63, 3.8) is 0 Å². The van der Waals surface area contributed by atoms with Gasteiger partial charge >= 0.3 is 0 Å². The van der Waals surface area contributed by atoms with Crippen molar-refractivity contribution in [2.24, 2.45) is 16.1 Å². The van der Waals surface area contributed by atoms with Crippen LogP contribution in [0.5, 0.6) is 0 Å². The highest BCUT2D eigenvalue weighted by Gasteiger charge is 2.53. The number of nitrogens with one attached hydrogen (secondary N) is 2. The number of hydrogen-bond acceptors (Lipinski definition) is 3. The molecule has 150 valence electrons. The summed E-state index contributed by atoms with van der Waals surface area (Å²) in [4.78, 5) is 16.1. The first-order valence-electron chi connectivity index (χ1n) is 10.1. The number of nitrogens with zero attached hydrogens (tertiary/aromatic N) is 1. The van der Waals surface area contributed by atoms with Crippen LogP contribution < -0.4 is 16.4 Å². The van der Waals surface area contributed by atoms with Gasteiger partial charge in [-0.25, -0.2) is 4.99 Å². The van der Waals surface area contributed by atoms with E-state index in [2.05, 4.69) is 38.3 Å². The van der Waals surface area contributed by atoms with Crippen LogP contribution in [0.25, 0.3) is 0 Å². The Bertz CT molecular complexity index is 655. The van der Waals surface area contributed by atoms with Crippen LogP contribution in [0.1, 0.15) is 62.9 Å². The maximum absolute atomic E-state index is 11.4. The summed E-state index contributed by atoms with van der Waals surface area (Å²) in [5.74, 6) is 0.381. The predicted molar refractivity (Wildman–Crippen MR) is 110 cm³/mol. The molecule has 0 aromatic heterocycles. The fourth-order valence-electron chi connectivity index (χ4n) is 4.06. The number of ether oxygens (including phenoxy) is 1. The lowest BCUT2D eigenvalue weighted by Crippen LogP contribution is -2.65. The smallest absolute Gasteiger partial charge is 0.248 e. The van der Waals surface area contributed by atoms with E-state index in [9.17, 15) is 4.79 Å². The van der Waals surface area contributed by atoms with Crippen molar-refractivity contribution in [1.29, 1.82) is 0 Å². The Morgan fingerprint density at radius 2 is 2.04 bits per heavy atom.